The zero-order valence-corrected chi connectivity index (χ0v) is 13.9. The third-order valence-electron chi connectivity index (χ3n) is 3.09. The maximum absolute atomic E-state index is 11.9. The van der Waals surface area contributed by atoms with Gasteiger partial charge in [-0.25, -0.2) is 4.79 Å². The van der Waals surface area contributed by atoms with Crippen LogP contribution in [-0.4, -0.2) is 18.5 Å². The predicted molar refractivity (Wildman–Crippen MR) is 89.8 cm³/mol. The Morgan fingerprint density at radius 1 is 1.09 bits per heavy atom. The first-order valence-electron chi connectivity index (χ1n) is 6.90. The lowest BCUT2D eigenvalue weighted by Crippen LogP contribution is -2.28. The molecule has 0 spiro atoms. The summed E-state index contributed by atoms with van der Waals surface area (Å²) in [6.45, 7) is 1.98. The minimum absolute atomic E-state index is 0.130. The number of carbonyl (C=O) groups is 2. The third-order valence-corrected chi connectivity index (χ3v) is 3.66. The van der Waals surface area contributed by atoms with Gasteiger partial charge in [0.05, 0.1) is 10.6 Å². The van der Waals surface area contributed by atoms with Crippen molar-refractivity contribution in [1.29, 1.82) is 0 Å². The van der Waals surface area contributed by atoms with E-state index in [0.29, 0.717) is 11.6 Å². The quantitative estimate of drug-likeness (QED) is 0.834. The number of carbonyl (C=O) groups excluding carboxylic acids is 2. The molecule has 0 aromatic heterocycles. The van der Waals surface area contributed by atoms with E-state index in [2.05, 4.69) is 5.32 Å². The van der Waals surface area contributed by atoms with Crippen LogP contribution in [0.15, 0.2) is 42.5 Å². The Balaban J connectivity index is 1.83. The Bertz CT molecular complexity index is 714. The number of hydrogen-bond donors (Lipinski definition) is 1. The molecule has 4 nitrogen and oxygen atoms in total. The molecule has 0 aliphatic rings. The standard InChI is InChI=1S/C17H15Cl2NO3/c1-11-2-4-12(5-3-11)9-20-16(21)10-23-17(22)14-8-13(18)6-7-15(14)19/h2-8H,9-10H2,1H3,(H,20,21). The van der Waals surface area contributed by atoms with Crippen LogP contribution in [-0.2, 0) is 16.1 Å². The Kier molecular flexibility index (Phi) is 6.02. The molecule has 6 heteroatoms. The van der Waals surface area contributed by atoms with Crippen LogP contribution in [0.4, 0.5) is 0 Å². The number of ether oxygens (including phenoxy) is 1. The number of halogens is 2. The normalized spacial score (nSPS) is 10.2. The van der Waals surface area contributed by atoms with Crippen LogP contribution in [0.2, 0.25) is 10.0 Å². The van der Waals surface area contributed by atoms with E-state index in [1.807, 2.05) is 31.2 Å². The molecule has 2 aromatic carbocycles. The fraction of sp³-hybridized carbons (Fsp3) is 0.176. The van der Waals surface area contributed by atoms with Crippen LogP contribution in [0.3, 0.4) is 0 Å². The van der Waals surface area contributed by atoms with Crippen LogP contribution >= 0.6 is 23.2 Å². The maximum atomic E-state index is 11.9. The maximum Gasteiger partial charge on any atom is 0.340 e. The van der Waals surface area contributed by atoms with Crippen molar-refractivity contribution in [2.75, 3.05) is 6.61 Å². The van der Waals surface area contributed by atoms with E-state index in [1.165, 1.54) is 12.1 Å². The van der Waals surface area contributed by atoms with Crippen molar-refractivity contribution in [3.05, 3.63) is 69.2 Å². The van der Waals surface area contributed by atoms with Crippen LogP contribution < -0.4 is 5.32 Å². The lowest BCUT2D eigenvalue weighted by Gasteiger charge is -2.08. The second kappa shape index (κ2) is 7.99. The molecule has 2 aromatic rings. The smallest absolute Gasteiger partial charge is 0.340 e. The van der Waals surface area contributed by atoms with E-state index >= 15 is 0 Å². The Labute approximate surface area is 144 Å². The fourth-order valence-electron chi connectivity index (χ4n) is 1.82. The summed E-state index contributed by atoms with van der Waals surface area (Å²) < 4.78 is 4.94. The highest BCUT2D eigenvalue weighted by molar-refractivity contribution is 6.35. The molecule has 0 aliphatic heterocycles. The van der Waals surface area contributed by atoms with Crippen molar-refractivity contribution >= 4 is 35.1 Å². The number of esters is 1. The zero-order chi connectivity index (χ0) is 16.8. The molecule has 0 unspecified atom stereocenters. The van der Waals surface area contributed by atoms with Crippen molar-refractivity contribution in [1.82, 2.24) is 5.32 Å². The molecule has 1 N–H and O–H groups in total. The number of benzene rings is 2. The molecular weight excluding hydrogens is 337 g/mol. The average molecular weight is 352 g/mol. The minimum atomic E-state index is -0.692. The molecule has 0 aliphatic carbocycles. The number of aryl methyl sites for hydroxylation is 1. The van der Waals surface area contributed by atoms with Gasteiger partial charge in [-0.15, -0.1) is 0 Å². The summed E-state index contributed by atoms with van der Waals surface area (Å²) in [6.07, 6.45) is 0. The summed E-state index contributed by atoms with van der Waals surface area (Å²) in [5, 5.41) is 3.26. The highest BCUT2D eigenvalue weighted by Gasteiger charge is 2.14. The van der Waals surface area contributed by atoms with Gasteiger partial charge in [0.1, 0.15) is 0 Å². The molecule has 2 rings (SSSR count). The SMILES string of the molecule is Cc1ccc(CNC(=O)COC(=O)c2cc(Cl)ccc2Cl)cc1. The number of amides is 1. The van der Waals surface area contributed by atoms with E-state index in [4.69, 9.17) is 27.9 Å². The van der Waals surface area contributed by atoms with Crippen LogP contribution in [0.5, 0.6) is 0 Å². The summed E-state index contributed by atoms with van der Waals surface area (Å²) in [5.41, 5.74) is 2.24. The van der Waals surface area contributed by atoms with Crippen molar-refractivity contribution in [3.8, 4) is 0 Å². The topological polar surface area (TPSA) is 55.4 Å². The van der Waals surface area contributed by atoms with Crippen LogP contribution in [0.25, 0.3) is 0 Å². The van der Waals surface area contributed by atoms with E-state index < -0.39 is 11.9 Å². The second-order valence-electron chi connectivity index (χ2n) is 4.96. The van der Waals surface area contributed by atoms with Crippen molar-refractivity contribution in [3.63, 3.8) is 0 Å². The number of hydrogen-bond acceptors (Lipinski definition) is 3. The molecule has 120 valence electrons. The summed E-state index contributed by atoms with van der Waals surface area (Å²) in [4.78, 5) is 23.6. The lowest BCUT2D eigenvalue weighted by atomic mass is 10.1. The molecule has 0 atom stereocenters. The third kappa shape index (κ3) is 5.27. The van der Waals surface area contributed by atoms with Gasteiger partial charge in [0, 0.05) is 11.6 Å². The molecule has 1 amide bonds. The van der Waals surface area contributed by atoms with Gasteiger partial charge in [-0.1, -0.05) is 53.0 Å². The van der Waals surface area contributed by atoms with E-state index in [0.717, 1.165) is 11.1 Å². The molecule has 0 heterocycles. The van der Waals surface area contributed by atoms with E-state index in [1.54, 1.807) is 6.07 Å². The van der Waals surface area contributed by atoms with Gasteiger partial charge in [-0.05, 0) is 30.7 Å². The van der Waals surface area contributed by atoms with E-state index in [-0.39, 0.29) is 17.2 Å². The van der Waals surface area contributed by atoms with Crippen molar-refractivity contribution < 1.29 is 14.3 Å². The Morgan fingerprint density at radius 3 is 2.48 bits per heavy atom. The van der Waals surface area contributed by atoms with Crippen molar-refractivity contribution in [2.45, 2.75) is 13.5 Å². The molecule has 0 radical (unpaired) electrons. The lowest BCUT2D eigenvalue weighted by molar-refractivity contribution is -0.124. The molecule has 0 bridgehead atoms. The molecule has 0 saturated heterocycles. The zero-order valence-electron chi connectivity index (χ0n) is 12.4. The summed E-state index contributed by atoms with van der Waals surface area (Å²) in [7, 11) is 0. The second-order valence-corrected chi connectivity index (χ2v) is 5.81. The number of rotatable bonds is 5. The van der Waals surface area contributed by atoms with Gasteiger partial charge in [0.2, 0.25) is 0 Å². The van der Waals surface area contributed by atoms with E-state index in [9.17, 15) is 9.59 Å². The molecule has 23 heavy (non-hydrogen) atoms. The van der Waals surface area contributed by atoms with Gasteiger partial charge in [-0.3, -0.25) is 4.79 Å². The summed E-state index contributed by atoms with van der Waals surface area (Å²) >= 11 is 11.7. The monoisotopic (exact) mass is 351 g/mol. The first-order valence-corrected chi connectivity index (χ1v) is 7.66. The van der Waals surface area contributed by atoms with Crippen LogP contribution in [0.1, 0.15) is 21.5 Å². The first kappa shape index (κ1) is 17.3. The van der Waals surface area contributed by atoms with Crippen LogP contribution in [0, 0.1) is 6.92 Å². The van der Waals surface area contributed by atoms with Gasteiger partial charge in [0.25, 0.3) is 5.91 Å². The molecule has 0 fully saturated rings. The highest BCUT2D eigenvalue weighted by Crippen LogP contribution is 2.21. The van der Waals surface area contributed by atoms with Gasteiger partial charge >= 0.3 is 5.97 Å². The minimum Gasteiger partial charge on any atom is -0.452 e. The highest BCUT2D eigenvalue weighted by atomic mass is 35.5. The Hall–Kier alpha value is -2.04. The van der Waals surface area contributed by atoms with Gasteiger partial charge in [0.15, 0.2) is 6.61 Å². The number of nitrogens with one attached hydrogen (secondary N) is 1. The summed E-state index contributed by atoms with van der Waals surface area (Å²) in [5.74, 6) is -1.08. The largest absolute Gasteiger partial charge is 0.452 e. The fourth-order valence-corrected chi connectivity index (χ4v) is 2.19. The Morgan fingerprint density at radius 2 is 1.78 bits per heavy atom. The molecular formula is C17H15Cl2NO3. The van der Waals surface area contributed by atoms with Gasteiger partial charge in [-0.2, -0.15) is 0 Å². The first-order chi connectivity index (χ1) is 11.0. The van der Waals surface area contributed by atoms with Gasteiger partial charge < -0.3 is 10.1 Å². The summed E-state index contributed by atoms with van der Waals surface area (Å²) in [6, 6.07) is 12.2. The molecule has 0 saturated carbocycles. The average Bonchev–Trinajstić information content (AvgIpc) is 2.54. The predicted octanol–water partition coefficient (Wildman–Crippen LogP) is 3.78. The van der Waals surface area contributed by atoms with Crippen molar-refractivity contribution in [2.24, 2.45) is 0 Å².